The number of carbonyl (C=O) groups is 21. The number of carboxylic acids is 6. The Hall–Kier alpha value is -12.1. The molecule has 0 fully saturated rings. The second kappa shape index (κ2) is 54.1. The number of nitrogens with one attached hydrogen (secondary N) is 13. The van der Waals surface area contributed by atoms with E-state index in [0.29, 0.717) is 24.9 Å². The summed E-state index contributed by atoms with van der Waals surface area (Å²) in [5, 5.41) is 108. The number of hydrogen-bond donors (Lipinski definition) is 24. The normalized spacial score (nSPS) is 15.4. The van der Waals surface area contributed by atoms with Crippen LogP contribution in [0.1, 0.15) is 171 Å². The number of rotatable bonds is 59. The lowest BCUT2D eigenvalue weighted by atomic mass is 9.95. The van der Waals surface area contributed by atoms with Crippen LogP contribution >= 0.6 is 0 Å². The molecule has 27 N–H and O–H groups in total. The zero-order chi connectivity index (χ0) is 91.5. The Kier molecular flexibility index (Phi) is 47.8. The third-order valence-corrected chi connectivity index (χ3v) is 18.3. The smallest absolute Gasteiger partial charge is 0.326 e. The molecule has 0 bridgehead atoms. The van der Waals surface area contributed by atoms with E-state index in [1.807, 2.05) is 0 Å². The molecule has 0 aliphatic carbocycles. The number of hydrogen-bond acceptors (Lipinski definition) is 26. The molecule has 46 heteroatoms. The predicted molar refractivity (Wildman–Crippen MR) is 416 cm³/mol. The van der Waals surface area contributed by atoms with Crippen molar-refractivity contribution in [3.05, 3.63) is 35.9 Å². The Labute approximate surface area is 689 Å². The van der Waals surface area contributed by atoms with Crippen LogP contribution < -0.4 is 86.3 Å². The van der Waals surface area contributed by atoms with Crippen molar-refractivity contribution >= 4 is 124 Å². The van der Waals surface area contributed by atoms with Crippen LogP contribution in [-0.2, 0) is 112 Å². The number of ether oxygens (including phenoxy) is 1. The average Bonchev–Trinajstić information content (AvgIpc) is 0.843. The van der Waals surface area contributed by atoms with Crippen LogP contribution in [0.25, 0.3) is 0 Å². The maximum atomic E-state index is 14.4. The third kappa shape index (κ3) is 40.9. The fraction of sp³-hybridized carbons (Fsp3) is 0.635. The number of carboxylic acid groups (broad SMARTS) is 6. The highest BCUT2D eigenvalue weighted by atomic mass is 16.5. The van der Waals surface area contributed by atoms with E-state index in [-0.39, 0.29) is 25.7 Å². The first kappa shape index (κ1) is 106. The van der Waals surface area contributed by atoms with Gasteiger partial charge in [-0.15, -0.1) is 0 Å². The highest BCUT2D eigenvalue weighted by Gasteiger charge is 2.41. The number of benzene rings is 1. The summed E-state index contributed by atoms with van der Waals surface area (Å²) in [4.78, 5) is 277. The van der Waals surface area contributed by atoms with Gasteiger partial charge in [0, 0.05) is 39.0 Å². The molecule has 0 aliphatic rings. The molecule has 120 heavy (non-hydrogen) atoms. The van der Waals surface area contributed by atoms with Crippen molar-refractivity contribution in [3.8, 4) is 0 Å². The van der Waals surface area contributed by atoms with Gasteiger partial charge >= 0.3 is 41.8 Å². The molecule has 14 amide bonds. The van der Waals surface area contributed by atoms with Gasteiger partial charge in [-0.2, -0.15) is 0 Å². The summed E-state index contributed by atoms with van der Waals surface area (Å²) in [6.07, 6.45) is -11.8. The summed E-state index contributed by atoms with van der Waals surface area (Å²) in [7, 11) is 0. The van der Waals surface area contributed by atoms with Crippen molar-refractivity contribution < 1.29 is 146 Å². The molecule has 1 aromatic carbocycles. The first-order chi connectivity index (χ1) is 56.0. The van der Waals surface area contributed by atoms with E-state index in [0.717, 1.165) is 20.8 Å². The SMILES string of the molecule is CC[C@H](C)[C@H](NC(=O)[C@H](CCC(=O)O)NC(=O)[C@H](CCC(=O)O)NC(=O)[C@@H](NC(=O)[C@@H](N)CCCCN)[C@@H](C)O)C(=O)N[C@@H](CO)C(=O)N[C@@H](CCC(=O)O)C(=O)N[C@H](C(=O)N[C@@H](CC(N)=O)C(=O)N[C@@H](CC(C)C)[C@@H](CC(=O)N[C@@H](CC(=O)O)C(=O)N[C@@H](C)C(=O)N[C@@H](CCC(=O)O)C(=O)N[C@@H](Cc1ccccc1)C(=O)O)OC(C)=O)C(C)C. The van der Waals surface area contributed by atoms with Gasteiger partial charge in [0.1, 0.15) is 78.6 Å². The standard InChI is InChI=1S/C74H116N16O30/c1-10-36(6)60(89-67(111)45(22-26-57(102)103)81-64(108)43(20-24-55(98)99)83-73(117)61(38(8)92)90-63(107)41(76)18-14-15-27-75)72(116)87-50(33-91)70(114)82-44(21-25-56(100)101)66(110)88-59(35(4)5)71(115)85-47(30-52(77)94)69(113)84-46(28-34(2)3)51(120-39(9)93)32-53(95)79-48(31-58(104)105)68(112)78-37(7)62(106)80-42(19-23-54(96)97)65(109)86-49(74(118)119)29-40-16-12-11-13-17-40/h11-13,16-17,34-38,41-51,59-61,91-92H,10,14-15,18-33,75-76H2,1-9H3,(H2,77,94)(H,78,112)(H,79,95)(H,80,106)(H,81,108)(H,82,114)(H,83,117)(H,84,113)(H,85,115)(H,86,109)(H,87,116)(H,88,110)(H,89,111)(H,90,107)(H,96,97)(H,98,99)(H,100,101)(H,102,103)(H,104,105)(H,118,119)/t36-,37-,38+,41-,42-,43-,44-,45-,46-,47-,48-,49-,50-,51+,59-,60-,61-/m0/s1. The lowest BCUT2D eigenvalue weighted by Gasteiger charge is -2.31. The monoisotopic (exact) mass is 1710 g/mol. The zero-order valence-electron chi connectivity index (χ0n) is 68.1. The lowest BCUT2D eigenvalue weighted by molar-refractivity contribution is -0.151. The van der Waals surface area contributed by atoms with Crippen LogP contribution in [0.3, 0.4) is 0 Å². The average molecular weight is 1710 g/mol. The van der Waals surface area contributed by atoms with Crippen molar-refractivity contribution in [1.82, 2.24) is 69.1 Å². The molecule has 0 saturated carbocycles. The molecule has 0 unspecified atom stereocenters. The van der Waals surface area contributed by atoms with E-state index in [2.05, 4.69) is 69.1 Å². The van der Waals surface area contributed by atoms with Crippen molar-refractivity contribution in [2.75, 3.05) is 13.2 Å². The summed E-state index contributed by atoms with van der Waals surface area (Å²) >= 11 is 0. The van der Waals surface area contributed by atoms with E-state index in [4.69, 9.17) is 21.9 Å². The second-order valence-electron chi connectivity index (χ2n) is 29.3. The zero-order valence-corrected chi connectivity index (χ0v) is 68.1. The predicted octanol–water partition coefficient (Wildman–Crippen LogP) is -6.66. The van der Waals surface area contributed by atoms with Gasteiger partial charge in [-0.1, -0.05) is 84.7 Å². The Bertz CT molecular complexity index is 3740. The van der Waals surface area contributed by atoms with E-state index >= 15 is 0 Å². The number of nitrogens with two attached hydrogens (primary N) is 3. The molecule has 1 aromatic rings. The fourth-order valence-corrected chi connectivity index (χ4v) is 11.5. The largest absolute Gasteiger partial charge is 0.481 e. The molecule has 1 rings (SSSR count). The van der Waals surface area contributed by atoms with Crippen molar-refractivity contribution in [1.29, 1.82) is 0 Å². The molecule has 0 radical (unpaired) electrons. The Balaban J connectivity index is 3.60. The number of aliphatic carboxylic acids is 6. The van der Waals surface area contributed by atoms with Gasteiger partial charge in [0.25, 0.3) is 0 Å². The minimum Gasteiger partial charge on any atom is -0.481 e. The molecule has 0 saturated heterocycles. The van der Waals surface area contributed by atoms with Crippen LogP contribution in [0.2, 0.25) is 0 Å². The summed E-state index contributed by atoms with van der Waals surface area (Å²) in [6, 6.07) is -16.6. The van der Waals surface area contributed by atoms with Crippen LogP contribution in [-0.4, -0.2) is 275 Å². The van der Waals surface area contributed by atoms with Gasteiger partial charge in [0.2, 0.25) is 82.7 Å². The van der Waals surface area contributed by atoms with Crippen molar-refractivity contribution in [2.24, 2.45) is 35.0 Å². The van der Waals surface area contributed by atoms with Gasteiger partial charge in [-0.05, 0) is 88.7 Å². The first-order valence-corrected chi connectivity index (χ1v) is 38.6. The Morgan fingerprint density at radius 1 is 0.425 bits per heavy atom. The molecule has 0 heterocycles. The third-order valence-electron chi connectivity index (χ3n) is 18.3. The Morgan fingerprint density at radius 2 is 0.825 bits per heavy atom. The quantitative estimate of drug-likeness (QED) is 0.0213. The van der Waals surface area contributed by atoms with Crippen molar-refractivity contribution in [2.45, 2.75) is 268 Å². The van der Waals surface area contributed by atoms with Gasteiger partial charge in [0.05, 0.1) is 44.1 Å². The minimum absolute atomic E-state index is 0.0585. The van der Waals surface area contributed by atoms with E-state index in [9.17, 15) is 142 Å². The number of primary amides is 1. The summed E-state index contributed by atoms with van der Waals surface area (Å²) in [5.41, 5.74) is 17.5. The van der Waals surface area contributed by atoms with Crippen LogP contribution in [0.15, 0.2) is 30.3 Å². The molecular formula is C74H116N16O30. The van der Waals surface area contributed by atoms with E-state index < -0.39 is 316 Å². The molecule has 46 nitrogen and oxygen atoms in total. The Morgan fingerprint density at radius 3 is 1.25 bits per heavy atom. The van der Waals surface area contributed by atoms with Gasteiger partial charge in [-0.25, -0.2) is 4.79 Å². The molecule has 0 aliphatic heterocycles. The minimum atomic E-state index is -2.06. The number of carbonyl (C=O) groups excluding carboxylic acids is 15. The van der Waals surface area contributed by atoms with E-state index in [1.165, 1.54) is 20.8 Å². The first-order valence-electron chi connectivity index (χ1n) is 38.6. The van der Waals surface area contributed by atoms with Gasteiger partial charge < -0.3 is 132 Å². The molecule has 0 spiro atoms. The summed E-state index contributed by atoms with van der Waals surface area (Å²) in [6.45, 7) is 11.0. The molecule has 0 aromatic heterocycles. The molecule has 672 valence electrons. The van der Waals surface area contributed by atoms with Gasteiger partial charge in [0.15, 0.2) is 0 Å². The number of aliphatic hydroxyl groups excluding tert-OH is 2. The maximum absolute atomic E-state index is 14.4. The lowest BCUT2D eigenvalue weighted by Crippen LogP contribution is -2.62. The molecule has 17 atom stereocenters. The van der Waals surface area contributed by atoms with E-state index in [1.54, 1.807) is 51.1 Å². The number of aliphatic hydroxyl groups is 2. The van der Waals surface area contributed by atoms with Crippen molar-refractivity contribution in [3.63, 3.8) is 0 Å². The summed E-state index contributed by atoms with van der Waals surface area (Å²) in [5.74, 6) is -29.7. The maximum Gasteiger partial charge on any atom is 0.326 e. The van der Waals surface area contributed by atoms with Crippen LogP contribution in [0.4, 0.5) is 0 Å². The van der Waals surface area contributed by atoms with Crippen LogP contribution in [0, 0.1) is 17.8 Å². The number of esters is 1. The highest BCUT2D eigenvalue weighted by Crippen LogP contribution is 2.19. The second-order valence-corrected chi connectivity index (χ2v) is 29.3. The number of amides is 14. The van der Waals surface area contributed by atoms with Crippen LogP contribution in [0.5, 0.6) is 0 Å². The highest BCUT2D eigenvalue weighted by molar-refractivity contribution is 6.01. The fourth-order valence-electron chi connectivity index (χ4n) is 11.5. The van der Waals surface area contributed by atoms with Gasteiger partial charge in [-0.3, -0.25) is 95.9 Å². The molecular weight excluding hydrogens is 1590 g/mol. The number of unbranched alkanes of at least 4 members (excludes halogenated alkanes) is 1. The topological polar surface area (TPSA) is 764 Å². The summed E-state index contributed by atoms with van der Waals surface area (Å²) < 4.78 is 5.47.